The van der Waals surface area contributed by atoms with Crippen molar-refractivity contribution in [3.8, 4) is 0 Å². The molecule has 1 atom stereocenters. The first-order valence-electron chi connectivity index (χ1n) is 6.67. The highest BCUT2D eigenvalue weighted by Gasteiger charge is 2.15. The maximum atomic E-state index is 5.98. The Morgan fingerprint density at radius 2 is 1.90 bits per heavy atom. The number of thiophene rings is 1. The molecule has 3 rings (SSSR count). The molecule has 0 aliphatic rings. The lowest BCUT2D eigenvalue weighted by molar-refractivity contribution is 0.952. The zero-order valence-corrected chi connectivity index (χ0v) is 13.0. The molecule has 0 amide bonds. The highest BCUT2D eigenvalue weighted by atomic mass is 32.2. The Hall–Kier alpha value is -1.29. The van der Waals surface area contributed by atoms with Gasteiger partial charge in [0.1, 0.15) is 0 Å². The highest BCUT2D eigenvalue weighted by Crippen LogP contribution is 2.39. The van der Waals surface area contributed by atoms with Crippen molar-refractivity contribution in [3.05, 3.63) is 64.4 Å². The predicted molar refractivity (Wildman–Crippen MR) is 90.7 cm³/mol. The van der Waals surface area contributed by atoms with Crippen LogP contribution in [-0.4, -0.2) is 6.54 Å². The molecule has 1 nitrogen and oxygen atoms in total. The van der Waals surface area contributed by atoms with Crippen LogP contribution >= 0.6 is 23.1 Å². The van der Waals surface area contributed by atoms with Crippen molar-refractivity contribution in [2.24, 2.45) is 5.73 Å². The second-order valence-electron chi connectivity index (χ2n) is 4.82. The van der Waals surface area contributed by atoms with E-state index in [1.807, 2.05) is 11.8 Å². The average molecular weight is 299 g/mol. The number of benzene rings is 2. The van der Waals surface area contributed by atoms with Crippen LogP contribution in [0.2, 0.25) is 0 Å². The molecule has 0 fully saturated rings. The summed E-state index contributed by atoms with van der Waals surface area (Å²) >= 11 is 3.67. The Bertz CT molecular complexity index is 718. The fraction of sp³-hybridized carbons (Fsp3) is 0.176. The van der Waals surface area contributed by atoms with Crippen LogP contribution in [-0.2, 0) is 0 Å². The van der Waals surface area contributed by atoms with Crippen LogP contribution in [0.3, 0.4) is 0 Å². The lowest BCUT2D eigenvalue weighted by atomic mass is 10.1. The first-order chi connectivity index (χ1) is 9.78. The molecule has 102 valence electrons. The minimum atomic E-state index is 0.344. The zero-order valence-electron chi connectivity index (χ0n) is 11.4. The van der Waals surface area contributed by atoms with Gasteiger partial charge in [-0.3, -0.25) is 0 Å². The van der Waals surface area contributed by atoms with Crippen molar-refractivity contribution in [2.45, 2.75) is 17.1 Å². The molecule has 2 N–H and O–H groups in total. The Morgan fingerprint density at radius 1 is 1.10 bits per heavy atom. The lowest BCUT2D eigenvalue weighted by Crippen LogP contribution is -2.08. The van der Waals surface area contributed by atoms with Gasteiger partial charge in [-0.05, 0) is 46.8 Å². The van der Waals surface area contributed by atoms with E-state index in [-0.39, 0.29) is 0 Å². The van der Waals surface area contributed by atoms with Gasteiger partial charge >= 0.3 is 0 Å². The Labute approximate surface area is 127 Å². The average Bonchev–Trinajstić information content (AvgIpc) is 2.91. The van der Waals surface area contributed by atoms with Gasteiger partial charge in [-0.25, -0.2) is 0 Å². The molecule has 0 saturated carbocycles. The lowest BCUT2D eigenvalue weighted by Gasteiger charge is -2.14. The van der Waals surface area contributed by atoms with Crippen LogP contribution in [0, 0.1) is 6.92 Å². The van der Waals surface area contributed by atoms with Crippen LogP contribution in [0.25, 0.3) is 10.8 Å². The number of thioether (sulfide) groups is 1. The van der Waals surface area contributed by atoms with Gasteiger partial charge in [-0.2, -0.15) is 0 Å². The Balaban J connectivity index is 1.89. The van der Waals surface area contributed by atoms with E-state index >= 15 is 0 Å². The van der Waals surface area contributed by atoms with E-state index in [0.717, 1.165) is 0 Å². The fourth-order valence-corrected chi connectivity index (χ4v) is 4.62. The molecular formula is C17H17NS2. The molecule has 0 spiro atoms. The molecule has 1 heterocycles. The zero-order chi connectivity index (χ0) is 13.9. The van der Waals surface area contributed by atoms with Crippen molar-refractivity contribution in [1.29, 1.82) is 0 Å². The summed E-state index contributed by atoms with van der Waals surface area (Å²) in [4.78, 5) is 2.68. The molecule has 0 bridgehead atoms. The normalized spacial score (nSPS) is 12.7. The van der Waals surface area contributed by atoms with Crippen molar-refractivity contribution in [3.63, 3.8) is 0 Å². The minimum absolute atomic E-state index is 0.344. The summed E-state index contributed by atoms with van der Waals surface area (Å²) in [6.07, 6.45) is 0. The Kier molecular flexibility index (Phi) is 4.10. The molecule has 0 aliphatic heterocycles. The van der Waals surface area contributed by atoms with E-state index in [0.29, 0.717) is 11.8 Å². The van der Waals surface area contributed by atoms with Crippen molar-refractivity contribution in [2.75, 3.05) is 6.54 Å². The molecule has 0 aliphatic carbocycles. The fourth-order valence-electron chi connectivity index (χ4n) is 2.33. The smallest absolute Gasteiger partial charge is 0.0563 e. The summed E-state index contributed by atoms with van der Waals surface area (Å²) in [6, 6.07) is 17.3. The second-order valence-corrected chi connectivity index (χ2v) is 7.04. The quantitative estimate of drug-likeness (QED) is 0.686. The van der Waals surface area contributed by atoms with Gasteiger partial charge in [0.2, 0.25) is 0 Å². The largest absolute Gasteiger partial charge is 0.329 e. The number of rotatable bonds is 4. The monoisotopic (exact) mass is 299 g/mol. The van der Waals surface area contributed by atoms with Crippen molar-refractivity contribution >= 4 is 33.9 Å². The first-order valence-corrected chi connectivity index (χ1v) is 8.43. The van der Waals surface area contributed by atoms with Gasteiger partial charge in [0, 0.05) is 16.3 Å². The third-order valence-electron chi connectivity index (χ3n) is 3.41. The van der Waals surface area contributed by atoms with E-state index in [1.165, 1.54) is 26.1 Å². The molecule has 3 aromatic rings. The van der Waals surface area contributed by atoms with E-state index in [9.17, 15) is 0 Å². The molecular weight excluding hydrogens is 282 g/mol. The molecule has 1 unspecified atom stereocenters. The number of hydrogen-bond donors (Lipinski definition) is 1. The molecule has 0 radical (unpaired) electrons. The molecule has 20 heavy (non-hydrogen) atoms. The molecule has 2 aromatic carbocycles. The number of fused-ring (bicyclic) bond motifs is 1. The summed E-state index contributed by atoms with van der Waals surface area (Å²) in [5, 5.41) is 5.06. The first kappa shape index (κ1) is 13.7. The third-order valence-corrected chi connectivity index (χ3v) is 5.93. The van der Waals surface area contributed by atoms with Crippen molar-refractivity contribution < 1.29 is 0 Å². The van der Waals surface area contributed by atoms with Crippen LogP contribution in [0.5, 0.6) is 0 Å². The summed E-state index contributed by atoms with van der Waals surface area (Å²) in [6.45, 7) is 2.83. The summed E-state index contributed by atoms with van der Waals surface area (Å²) in [5.74, 6) is 0. The van der Waals surface area contributed by atoms with Crippen molar-refractivity contribution in [1.82, 2.24) is 0 Å². The van der Waals surface area contributed by atoms with E-state index in [1.54, 1.807) is 11.3 Å². The van der Waals surface area contributed by atoms with Gasteiger partial charge in [0.25, 0.3) is 0 Å². The van der Waals surface area contributed by atoms with E-state index in [2.05, 4.69) is 60.8 Å². The standard InChI is InChI=1S/C17H17NS2/c1-12-8-9-19-17(12)16(11-18)20-15-7-6-13-4-2-3-5-14(13)10-15/h2-10,16H,11,18H2,1H3. The predicted octanol–water partition coefficient (Wildman–Crippen LogP) is 5.00. The van der Waals surface area contributed by atoms with Gasteiger partial charge in [0.15, 0.2) is 0 Å². The van der Waals surface area contributed by atoms with Gasteiger partial charge in [0.05, 0.1) is 5.25 Å². The maximum Gasteiger partial charge on any atom is 0.0563 e. The van der Waals surface area contributed by atoms with E-state index < -0.39 is 0 Å². The third kappa shape index (κ3) is 2.75. The number of nitrogens with two attached hydrogens (primary N) is 1. The summed E-state index contributed by atoms with van der Waals surface area (Å²) in [7, 11) is 0. The molecule has 0 saturated heterocycles. The minimum Gasteiger partial charge on any atom is -0.329 e. The highest BCUT2D eigenvalue weighted by molar-refractivity contribution is 7.99. The van der Waals surface area contributed by atoms with Crippen LogP contribution in [0.1, 0.15) is 15.7 Å². The van der Waals surface area contributed by atoms with E-state index in [4.69, 9.17) is 5.73 Å². The second kappa shape index (κ2) is 6.00. The number of aryl methyl sites for hydroxylation is 1. The van der Waals surface area contributed by atoms with Crippen LogP contribution in [0.15, 0.2) is 58.8 Å². The van der Waals surface area contributed by atoms with Crippen LogP contribution in [0.4, 0.5) is 0 Å². The number of hydrogen-bond acceptors (Lipinski definition) is 3. The Morgan fingerprint density at radius 3 is 2.60 bits per heavy atom. The van der Waals surface area contributed by atoms with Gasteiger partial charge in [-0.1, -0.05) is 30.3 Å². The molecule has 1 aromatic heterocycles. The summed E-state index contributed by atoms with van der Waals surface area (Å²) in [5.41, 5.74) is 7.33. The van der Waals surface area contributed by atoms with Crippen LogP contribution < -0.4 is 5.73 Å². The SMILES string of the molecule is Cc1ccsc1C(CN)Sc1ccc2ccccc2c1. The van der Waals surface area contributed by atoms with Gasteiger partial charge < -0.3 is 5.73 Å². The summed E-state index contributed by atoms with van der Waals surface area (Å²) < 4.78 is 0. The topological polar surface area (TPSA) is 26.0 Å². The molecule has 3 heteroatoms. The maximum absolute atomic E-state index is 5.98. The van der Waals surface area contributed by atoms with Gasteiger partial charge in [-0.15, -0.1) is 23.1 Å².